The van der Waals surface area contributed by atoms with E-state index in [0.717, 1.165) is 12.1 Å². The fourth-order valence-corrected chi connectivity index (χ4v) is 2.73. The zero-order chi connectivity index (χ0) is 13.2. The Morgan fingerprint density at radius 3 is 2.71 bits per heavy atom. The molecule has 0 fully saturated rings. The molecule has 0 spiro atoms. The molecule has 94 valence electrons. The van der Waals surface area contributed by atoms with Crippen molar-refractivity contribution in [2.45, 2.75) is 17.9 Å². The van der Waals surface area contributed by atoms with Crippen molar-refractivity contribution in [1.29, 1.82) is 0 Å². The van der Waals surface area contributed by atoms with Gasteiger partial charge in [-0.2, -0.15) is 0 Å². The van der Waals surface area contributed by atoms with Crippen LogP contribution in [0.4, 0.5) is 10.1 Å². The Morgan fingerprint density at radius 2 is 2.18 bits per heavy atom. The van der Waals surface area contributed by atoms with E-state index < -0.39 is 26.8 Å². The van der Waals surface area contributed by atoms with Crippen molar-refractivity contribution in [3.63, 3.8) is 0 Å². The van der Waals surface area contributed by atoms with Gasteiger partial charge in [-0.25, -0.2) is 17.5 Å². The van der Waals surface area contributed by atoms with Gasteiger partial charge in [0.05, 0.1) is 0 Å². The van der Waals surface area contributed by atoms with Crippen LogP contribution in [0.2, 0.25) is 0 Å². The number of rotatable bonds is 4. The largest absolute Gasteiger partial charge is 0.398 e. The molecule has 0 bridgehead atoms. The highest BCUT2D eigenvalue weighted by Crippen LogP contribution is 2.26. The minimum Gasteiger partial charge on any atom is -0.398 e. The number of halogens is 2. The minimum atomic E-state index is -3.94. The highest BCUT2D eigenvalue weighted by Gasteiger charge is 2.21. The second-order valence-corrected chi connectivity index (χ2v) is 5.99. The van der Waals surface area contributed by atoms with Crippen molar-refractivity contribution in [3.05, 3.63) is 35.1 Å². The Morgan fingerprint density at radius 1 is 1.59 bits per heavy atom. The molecular formula is C10H12BrFN2O2S. The normalized spacial score (nSPS) is 13.4. The van der Waals surface area contributed by atoms with Crippen molar-refractivity contribution < 1.29 is 12.8 Å². The summed E-state index contributed by atoms with van der Waals surface area (Å²) in [6.07, 6.45) is 1.40. The number of hydrogen-bond donors (Lipinski definition) is 2. The van der Waals surface area contributed by atoms with E-state index in [4.69, 9.17) is 5.73 Å². The van der Waals surface area contributed by atoms with E-state index in [-0.39, 0.29) is 5.69 Å². The molecule has 3 N–H and O–H groups in total. The van der Waals surface area contributed by atoms with Crippen molar-refractivity contribution in [1.82, 2.24) is 4.72 Å². The maximum absolute atomic E-state index is 13.5. The summed E-state index contributed by atoms with van der Waals surface area (Å²) in [6, 6.07) is 1.59. The van der Waals surface area contributed by atoms with E-state index in [1.807, 2.05) is 0 Å². The molecule has 1 aromatic carbocycles. The van der Waals surface area contributed by atoms with Gasteiger partial charge in [0, 0.05) is 16.2 Å². The summed E-state index contributed by atoms with van der Waals surface area (Å²) in [5.74, 6) is -0.866. The van der Waals surface area contributed by atoms with E-state index in [1.54, 1.807) is 6.92 Å². The lowest BCUT2D eigenvalue weighted by molar-refractivity contribution is 0.553. The SMILES string of the molecule is C=CC(C)NS(=O)(=O)c1cc(N)c(Br)cc1F. The first-order chi connectivity index (χ1) is 7.77. The first kappa shape index (κ1) is 14.1. The van der Waals surface area contributed by atoms with Crippen LogP contribution in [0, 0.1) is 5.82 Å². The molecule has 1 atom stereocenters. The highest BCUT2D eigenvalue weighted by atomic mass is 79.9. The number of sulfonamides is 1. The molecule has 17 heavy (non-hydrogen) atoms. The van der Waals surface area contributed by atoms with Gasteiger partial charge < -0.3 is 5.73 Å². The molecule has 0 heterocycles. The molecule has 1 rings (SSSR count). The number of hydrogen-bond acceptors (Lipinski definition) is 3. The van der Waals surface area contributed by atoms with Crippen LogP contribution in [0.5, 0.6) is 0 Å². The molecule has 7 heteroatoms. The Balaban J connectivity index is 3.24. The van der Waals surface area contributed by atoms with E-state index in [1.165, 1.54) is 6.08 Å². The Kier molecular flexibility index (Phi) is 4.29. The van der Waals surface area contributed by atoms with E-state index >= 15 is 0 Å². The summed E-state index contributed by atoms with van der Waals surface area (Å²) in [7, 11) is -3.94. The van der Waals surface area contributed by atoms with E-state index in [9.17, 15) is 12.8 Å². The van der Waals surface area contributed by atoms with E-state index in [0.29, 0.717) is 4.47 Å². The van der Waals surface area contributed by atoms with Crippen molar-refractivity contribution in [2.75, 3.05) is 5.73 Å². The zero-order valence-corrected chi connectivity index (χ0v) is 11.5. The second-order valence-electron chi connectivity index (χ2n) is 3.45. The number of nitrogen functional groups attached to an aromatic ring is 1. The molecule has 1 unspecified atom stereocenters. The van der Waals surface area contributed by atoms with Gasteiger partial charge >= 0.3 is 0 Å². The standard InChI is InChI=1S/C10H12BrFN2O2S/c1-3-6(2)14-17(15,16)10-5-9(13)7(11)4-8(10)12/h3-6,14H,1,13H2,2H3. The summed E-state index contributed by atoms with van der Waals surface area (Å²) in [5, 5.41) is 0. The molecule has 0 aliphatic rings. The second kappa shape index (κ2) is 5.16. The van der Waals surface area contributed by atoms with Gasteiger partial charge in [0.25, 0.3) is 0 Å². The summed E-state index contributed by atoms with van der Waals surface area (Å²) in [6.45, 7) is 5.03. The van der Waals surface area contributed by atoms with Gasteiger partial charge in [0.1, 0.15) is 10.7 Å². The smallest absolute Gasteiger partial charge is 0.244 e. The first-order valence-electron chi connectivity index (χ1n) is 4.67. The first-order valence-corrected chi connectivity index (χ1v) is 6.95. The molecule has 0 aliphatic heterocycles. The molecule has 4 nitrogen and oxygen atoms in total. The average molecular weight is 323 g/mol. The number of benzene rings is 1. The number of nitrogens with one attached hydrogen (secondary N) is 1. The van der Waals surface area contributed by atoms with Crippen LogP contribution < -0.4 is 10.5 Å². The van der Waals surface area contributed by atoms with Gasteiger partial charge in [0.2, 0.25) is 10.0 Å². The third-order valence-corrected chi connectivity index (χ3v) is 4.30. The average Bonchev–Trinajstić information content (AvgIpc) is 2.22. The maximum atomic E-state index is 13.5. The Labute approximate surface area is 108 Å². The summed E-state index contributed by atoms with van der Waals surface area (Å²) >= 11 is 3.02. The molecule has 0 saturated carbocycles. The predicted molar refractivity (Wildman–Crippen MR) is 68.5 cm³/mol. The molecule has 0 amide bonds. The Bertz CT molecular complexity index is 545. The van der Waals surface area contributed by atoms with Gasteiger partial charge in [-0.1, -0.05) is 6.08 Å². The third kappa shape index (κ3) is 3.27. The lowest BCUT2D eigenvalue weighted by atomic mass is 10.3. The van der Waals surface area contributed by atoms with Gasteiger partial charge in [-0.3, -0.25) is 0 Å². The van der Waals surface area contributed by atoms with Gasteiger partial charge in [0.15, 0.2) is 0 Å². The lowest BCUT2D eigenvalue weighted by Crippen LogP contribution is -2.31. The fourth-order valence-electron chi connectivity index (χ4n) is 1.11. The van der Waals surface area contributed by atoms with Crippen molar-refractivity contribution >= 4 is 31.6 Å². The van der Waals surface area contributed by atoms with Crippen LogP contribution >= 0.6 is 15.9 Å². The van der Waals surface area contributed by atoms with Crippen LogP contribution in [0.25, 0.3) is 0 Å². The summed E-state index contributed by atoms with van der Waals surface area (Å²) < 4.78 is 39.7. The highest BCUT2D eigenvalue weighted by molar-refractivity contribution is 9.10. The van der Waals surface area contributed by atoms with Crippen molar-refractivity contribution in [2.24, 2.45) is 0 Å². The predicted octanol–water partition coefficient (Wildman–Crippen LogP) is 2.02. The molecule has 0 saturated heterocycles. The zero-order valence-electron chi connectivity index (χ0n) is 9.07. The third-order valence-electron chi connectivity index (χ3n) is 2.04. The maximum Gasteiger partial charge on any atom is 0.244 e. The quantitative estimate of drug-likeness (QED) is 0.658. The van der Waals surface area contributed by atoms with Crippen LogP contribution in [0.1, 0.15) is 6.92 Å². The molecule has 1 aromatic rings. The van der Waals surface area contributed by atoms with Gasteiger partial charge in [-0.15, -0.1) is 6.58 Å². The van der Waals surface area contributed by atoms with E-state index in [2.05, 4.69) is 27.2 Å². The fraction of sp³-hybridized carbons (Fsp3) is 0.200. The lowest BCUT2D eigenvalue weighted by Gasteiger charge is -2.12. The molecule has 0 radical (unpaired) electrons. The number of nitrogens with two attached hydrogens (primary N) is 1. The van der Waals surface area contributed by atoms with Crippen LogP contribution in [-0.4, -0.2) is 14.5 Å². The molecular weight excluding hydrogens is 311 g/mol. The number of anilines is 1. The van der Waals surface area contributed by atoms with Crippen LogP contribution in [0.3, 0.4) is 0 Å². The van der Waals surface area contributed by atoms with Gasteiger partial charge in [-0.05, 0) is 35.0 Å². The summed E-state index contributed by atoms with van der Waals surface area (Å²) in [5.41, 5.74) is 5.67. The Hall–Kier alpha value is -0.920. The molecule has 0 aliphatic carbocycles. The monoisotopic (exact) mass is 322 g/mol. The topological polar surface area (TPSA) is 72.2 Å². The summed E-state index contributed by atoms with van der Waals surface area (Å²) in [4.78, 5) is -0.480. The molecule has 0 aromatic heterocycles. The van der Waals surface area contributed by atoms with Crippen molar-refractivity contribution in [3.8, 4) is 0 Å². The van der Waals surface area contributed by atoms with Crippen LogP contribution in [-0.2, 0) is 10.0 Å². The minimum absolute atomic E-state index is 0.151. The van der Waals surface area contributed by atoms with Crippen LogP contribution in [0.15, 0.2) is 34.2 Å².